The first-order valence-corrected chi connectivity index (χ1v) is 12.9. The predicted octanol–water partition coefficient (Wildman–Crippen LogP) is 2.94. The molecule has 184 valence electrons. The Hall–Kier alpha value is -2.82. The fourth-order valence-corrected chi connectivity index (χ4v) is 5.87. The van der Waals surface area contributed by atoms with Crippen LogP contribution in [0.4, 0.5) is 5.69 Å². The van der Waals surface area contributed by atoms with Gasteiger partial charge in [-0.3, -0.25) is 14.9 Å². The van der Waals surface area contributed by atoms with Crippen molar-refractivity contribution in [3.63, 3.8) is 0 Å². The normalized spacial score (nSPS) is 15.4. The fraction of sp³-hybridized carbons (Fsp3) is 0.458. The number of nitro benzene ring substituents is 1. The van der Waals surface area contributed by atoms with Crippen molar-refractivity contribution in [2.45, 2.75) is 37.6 Å². The lowest BCUT2D eigenvalue weighted by atomic mass is 9.97. The maximum Gasteiger partial charge on any atom is 0.270 e. The van der Waals surface area contributed by atoms with Gasteiger partial charge in [0.25, 0.3) is 5.69 Å². The summed E-state index contributed by atoms with van der Waals surface area (Å²) in [6.45, 7) is 4.32. The molecule has 1 fully saturated rings. The summed E-state index contributed by atoms with van der Waals surface area (Å²) in [6, 6.07) is 14.1. The Labute approximate surface area is 201 Å². The van der Waals surface area contributed by atoms with E-state index >= 15 is 0 Å². The molecule has 0 spiro atoms. The maximum atomic E-state index is 13.1. The first-order valence-electron chi connectivity index (χ1n) is 11.4. The van der Waals surface area contributed by atoms with E-state index < -0.39 is 14.9 Å². The molecule has 0 saturated carbocycles. The summed E-state index contributed by atoms with van der Waals surface area (Å²) < 4.78 is 27.4. The van der Waals surface area contributed by atoms with Crippen LogP contribution in [-0.2, 0) is 21.4 Å². The minimum Gasteiger partial charge on any atom is -0.356 e. The number of nitrogens with one attached hydrogen (secondary N) is 1. The van der Waals surface area contributed by atoms with Crippen molar-refractivity contribution in [3.8, 4) is 0 Å². The summed E-state index contributed by atoms with van der Waals surface area (Å²) in [5.41, 5.74) is 1.45. The molecule has 0 unspecified atom stereocenters. The van der Waals surface area contributed by atoms with Crippen molar-refractivity contribution in [1.29, 1.82) is 0 Å². The Morgan fingerprint density at radius 1 is 1.18 bits per heavy atom. The SMILES string of the molecule is Cc1ccc([N+](=O)[O-])cc1S(=O)(=O)N1CCC(C(=O)NCCCN(C)Cc2ccccc2)CC1. The summed E-state index contributed by atoms with van der Waals surface area (Å²) in [6.07, 6.45) is 1.67. The summed E-state index contributed by atoms with van der Waals surface area (Å²) in [7, 11) is -1.81. The minimum atomic E-state index is -3.86. The van der Waals surface area contributed by atoms with E-state index in [1.807, 2.05) is 25.2 Å². The lowest BCUT2D eigenvalue weighted by molar-refractivity contribution is -0.385. The number of hydrogen-bond acceptors (Lipinski definition) is 6. The standard InChI is InChI=1S/C24H32N4O5S/c1-19-9-10-22(28(30)31)17-23(19)34(32,33)27-15-11-21(12-16-27)24(29)25-13-6-14-26(2)18-20-7-4-3-5-8-20/h3-5,7-10,17,21H,6,11-16,18H2,1-2H3,(H,25,29). The van der Waals surface area contributed by atoms with Crippen LogP contribution >= 0.6 is 0 Å². The van der Waals surface area contributed by atoms with Crippen LogP contribution in [0, 0.1) is 23.0 Å². The second-order valence-corrected chi connectivity index (χ2v) is 10.7. The van der Waals surface area contributed by atoms with Gasteiger partial charge >= 0.3 is 0 Å². The zero-order chi connectivity index (χ0) is 24.7. The first-order chi connectivity index (χ1) is 16.2. The summed E-state index contributed by atoms with van der Waals surface area (Å²) >= 11 is 0. The molecule has 9 nitrogen and oxygen atoms in total. The molecule has 0 radical (unpaired) electrons. The molecule has 3 rings (SSSR count). The number of amides is 1. The van der Waals surface area contributed by atoms with Crippen molar-refractivity contribution < 1.29 is 18.1 Å². The van der Waals surface area contributed by atoms with E-state index in [0.717, 1.165) is 25.6 Å². The molecule has 0 atom stereocenters. The van der Waals surface area contributed by atoms with Gasteiger partial charge in [0.05, 0.1) is 9.82 Å². The largest absolute Gasteiger partial charge is 0.356 e. The van der Waals surface area contributed by atoms with E-state index in [0.29, 0.717) is 24.9 Å². The number of carbonyl (C=O) groups excluding carboxylic acids is 1. The van der Waals surface area contributed by atoms with Gasteiger partial charge in [0.2, 0.25) is 15.9 Å². The molecule has 1 saturated heterocycles. The number of nitro groups is 1. The van der Waals surface area contributed by atoms with E-state index in [-0.39, 0.29) is 35.5 Å². The Balaban J connectivity index is 1.45. The van der Waals surface area contributed by atoms with E-state index in [2.05, 4.69) is 22.3 Å². The van der Waals surface area contributed by atoms with E-state index in [4.69, 9.17) is 0 Å². The molecule has 1 N–H and O–H groups in total. The van der Waals surface area contributed by atoms with Crippen LogP contribution in [0.25, 0.3) is 0 Å². The number of sulfonamides is 1. The predicted molar refractivity (Wildman–Crippen MR) is 130 cm³/mol. The average Bonchev–Trinajstić information content (AvgIpc) is 2.82. The van der Waals surface area contributed by atoms with Crippen LogP contribution in [0.2, 0.25) is 0 Å². The second kappa shape index (κ2) is 11.5. The summed E-state index contributed by atoms with van der Waals surface area (Å²) in [4.78, 5) is 25.2. The van der Waals surface area contributed by atoms with E-state index in [1.165, 1.54) is 22.0 Å². The fourth-order valence-electron chi connectivity index (χ4n) is 4.16. The topological polar surface area (TPSA) is 113 Å². The monoisotopic (exact) mass is 488 g/mol. The summed E-state index contributed by atoms with van der Waals surface area (Å²) in [5, 5.41) is 14.0. The summed E-state index contributed by atoms with van der Waals surface area (Å²) in [5.74, 6) is -0.283. The molecule has 1 aliphatic rings. The number of hydrogen-bond donors (Lipinski definition) is 1. The Morgan fingerprint density at radius 2 is 1.85 bits per heavy atom. The van der Waals surface area contributed by atoms with Gasteiger partial charge in [-0.2, -0.15) is 4.31 Å². The molecule has 34 heavy (non-hydrogen) atoms. The molecule has 2 aromatic rings. The first kappa shape index (κ1) is 25.8. The van der Waals surface area contributed by atoms with Crippen LogP contribution in [0.15, 0.2) is 53.4 Å². The van der Waals surface area contributed by atoms with E-state index in [9.17, 15) is 23.3 Å². The van der Waals surface area contributed by atoms with Gasteiger partial charge in [0.1, 0.15) is 0 Å². The number of benzene rings is 2. The van der Waals surface area contributed by atoms with Crippen LogP contribution in [-0.4, -0.2) is 61.7 Å². The lowest BCUT2D eigenvalue weighted by Gasteiger charge is -2.31. The zero-order valence-corrected chi connectivity index (χ0v) is 20.5. The minimum absolute atomic E-state index is 0.0470. The van der Waals surface area contributed by atoms with Crippen LogP contribution in [0.1, 0.15) is 30.4 Å². The van der Waals surface area contributed by atoms with Crippen molar-refractivity contribution >= 4 is 21.6 Å². The molecule has 1 heterocycles. The number of non-ortho nitro benzene ring substituents is 1. The Morgan fingerprint density at radius 3 is 2.50 bits per heavy atom. The van der Waals surface area contributed by atoms with Gasteiger partial charge in [-0.25, -0.2) is 8.42 Å². The third-order valence-electron chi connectivity index (χ3n) is 6.14. The molecular formula is C24H32N4O5S. The highest BCUT2D eigenvalue weighted by Crippen LogP contribution is 2.28. The van der Waals surface area contributed by atoms with Crippen molar-refractivity contribution in [2.24, 2.45) is 5.92 Å². The number of aryl methyl sites for hydroxylation is 1. The molecule has 1 amide bonds. The maximum absolute atomic E-state index is 13.1. The Bertz CT molecular complexity index is 1100. The van der Waals surface area contributed by atoms with Crippen LogP contribution < -0.4 is 5.32 Å². The smallest absolute Gasteiger partial charge is 0.270 e. The molecule has 0 aromatic heterocycles. The highest BCUT2D eigenvalue weighted by atomic mass is 32.2. The van der Waals surface area contributed by atoms with Crippen molar-refractivity contribution in [1.82, 2.24) is 14.5 Å². The Kier molecular flexibility index (Phi) is 8.76. The van der Waals surface area contributed by atoms with Gasteiger partial charge in [-0.05, 0) is 50.9 Å². The van der Waals surface area contributed by atoms with Gasteiger partial charge in [-0.1, -0.05) is 36.4 Å². The van der Waals surface area contributed by atoms with E-state index in [1.54, 1.807) is 6.92 Å². The molecular weight excluding hydrogens is 456 g/mol. The van der Waals surface area contributed by atoms with Gasteiger partial charge in [0, 0.05) is 44.2 Å². The highest BCUT2D eigenvalue weighted by Gasteiger charge is 2.33. The molecule has 10 heteroatoms. The number of nitrogens with zero attached hydrogens (tertiary/aromatic N) is 3. The third-order valence-corrected chi connectivity index (χ3v) is 8.18. The average molecular weight is 489 g/mol. The lowest BCUT2D eigenvalue weighted by Crippen LogP contribution is -2.43. The molecule has 0 aliphatic carbocycles. The van der Waals surface area contributed by atoms with Gasteiger partial charge < -0.3 is 10.2 Å². The number of carbonyl (C=O) groups is 1. The quantitative estimate of drug-likeness (QED) is 0.313. The molecule has 1 aliphatic heterocycles. The second-order valence-electron chi connectivity index (χ2n) is 8.75. The van der Waals surface area contributed by atoms with Crippen LogP contribution in [0.3, 0.4) is 0 Å². The number of piperidine rings is 1. The third kappa shape index (κ3) is 6.62. The molecule has 2 aromatic carbocycles. The zero-order valence-electron chi connectivity index (χ0n) is 19.6. The van der Waals surface area contributed by atoms with Crippen LogP contribution in [0.5, 0.6) is 0 Å². The number of rotatable bonds is 10. The van der Waals surface area contributed by atoms with Gasteiger partial charge in [-0.15, -0.1) is 0 Å². The van der Waals surface area contributed by atoms with Gasteiger partial charge in [0.15, 0.2) is 0 Å². The molecule has 0 bridgehead atoms. The highest BCUT2D eigenvalue weighted by molar-refractivity contribution is 7.89. The van der Waals surface area contributed by atoms with Crippen molar-refractivity contribution in [2.75, 3.05) is 33.2 Å². The van der Waals surface area contributed by atoms with Crippen molar-refractivity contribution in [3.05, 3.63) is 69.8 Å².